The van der Waals surface area contributed by atoms with Gasteiger partial charge in [-0.15, -0.1) is 6.58 Å². The van der Waals surface area contributed by atoms with E-state index in [-0.39, 0.29) is 0 Å². The molecule has 2 atom stereocenters. The van der Waals surface area contributed by atoms with Crippen molar-refractivity contribution in [2.75, 3.05) is 0 Å². The Morgan fingerprint density at radius 2 is 1.92 bits per heavy atom. The van der Waals surface area contributed by atoms with Crippen LogP contribution in [0.25, 0.3) is 0 Å². The van der Waals surface area contributed by atoms with E-state index in [1.165, 1.54) is 0 Å². The molecule has 0 bridgehead atoms. The molecule has 0 aromatic heterocycles. The molecule has 0 aliphatic rings. The van der Waals surface area contributed by atoms with Crippen molar-refractivity contribution in [3.05, 3.63) is 12.7 Å². The highest BCUT2D eigenvalue weighted by Gasteiger charge is 2.14. The van der Waals surface area contributed by atoms with Crippen LogP contribution in [0.1, 0.15) is 46.5 Å². The average molecular weight is 186 g/mol. The summed E-state index contributed by atoms with van der Waals surface area (Å²) in [6.45, 7) is 10.0. The van der Waals surface area contributed by atoms with Gasteiger partial charge in [0.2, 0.25) is 0 Å². The summed E-state index contributed by atoms with van der Waals surface area (Å²) in [7, 11) is 0. The minimum Gasteiger partial charge on any atom is -0.247 e. The van der Waals surface area contributed by atoms with E-state index < -0.39 is 6.17 Å². The maximum Gasteiger partial charge on any atom is 0.100 e. The molecule has 0 saturated heterocycles. The van der Waals surface area contributed by atoms with Gasteiger partial charge >= 0.3 is 0 Å². The molecule has 0 radical (unpaired) electrons. The number of allylic oxidation sites excluding steroid dienone is 1. The molecule has 0 amide bonds. The monoisotopic (exact) mass is 186 g/mol. The summed E-state index contributed by atoms with van der Waals surface area (Å²) in [5.74, 6) is 1.15. The van der Waals surface area contributed by atoms with Gasteiger partial charge in [-0.05, 0) is 37.5 Å². The highest BCUT2D eigenvalue weighted by molar-refractivity contribution is 4.76. The SMILES string of the molecule is C=CCC(CC(C)C)CC(F)CC. The molecule has 0 rings (SSSR count). The lowest BCUT2D eigenvalue weighted by Gasteiger charge is -2.18. The zero-order chi connectivity index (χ0) is 10.3. The molecule has 0 heterocycles. The van der Waals surface area contributed by atoms with Crippen LogP contribution >= 0.6 is 0 Å². The molecule has 0 saturated carbocycles. The van der Waals surface area contributed by atoms with Crippen molar-refractivity contribution >= 4 is 0 Å². The van der Waals surface area contributed by atoms with Crippen molar-refractivity contribution < 1.29 is 4.39 Å². The maximum atomic E-state index is 13.1. The summed E-state index contributed by atoms with van der Waals surface area (Å²) in [6, 6.07) is 0. The minimum absolute atomic E-state index is 0.493. The molecule has 0 spiro atoms. The van der Waals surface area contributed by atoms with Gasteiger partial charge in [0, 0.05) is 0 Å². The van der Waals surface area contributed by atoms with Crippen molar-refractivity contribution in [3.63, 3.8) is 0 Å². The van der Waals surface area contributed by atoms with Gasteiger partial charge in [-0.2, -0.15) is 0 Å². The topological polar surface area (TPSA) is 0 Å². The predicted octanol–water partition coefficient (Wildman–Crippen LogP) is 4.36. The minimum atomic E-state index is -0.622. The van der Waals surface area contributed by atoms with E-state index >= 15 is 0 Å². The van der Waals surface area contributed by atoms with Gasteiger partial charge in [0.1, 0.15) is 6.17 Å². The van der Waals surface area contributed by atoms with Gasteiger partial charge < -0.3 is 0 Å². The first-order valence-electron chi connectivity index (χ1n) is 5.35. The van der Waals surface area contributed by atoms with Crippen LogP contribution in [0, 0.1) is 11.8 Å². The normalized spacial score (nSPS) is 15.8. The maximum absolute atomic E-state index is 13.1. The van der Waals surface area contributed by atoms with E-state index in [0.29, 0.717) is 24.7 Å². The Hall–Kier alpha value is -0.330. The Balaban J connectivity index is 3.85. The Morgan fingerprint density at radius 3 is 2.31 bits per heavy atom. The molecule has 0 nitrogen and oxygen atoms in total. The Morgan fingerprint density at radius 1 is 1.31 bits per heavy atom. The summed E-state index contributed by atoms with van der Waals surface area (Å²) >= 11 is 0. The molecule has 0 aromatic carbocycles. The highest BCUT2D eigenvalue weighted by Crippen LogP contribution is 2.23. The molecule has 78 valence electrons. The fourth-order valence-corrected chi connectivity index (χ4v) is 1.72. The summed E-state index contributed by atoms with van der Waals surface area (Å²) in [6.07, 6.45) is 4.72. The van der Waals surface area contributed by atoms with Crippen LogP contribution in [-0.4, -0.2) is 6.17 Å². The van der Waals surface area contributed by atoms with Gasteiger partial charge in [-0.25, -0.2) is 4.39 Å². The molecule has 0 aliphatic heterocycles. The van der Waals surface area contributed by atoms with Gasteiger partial charge in [-0.1, -0.05) is 26.8 Å². The molecule has 1 heteroatoms. The van der Waals surface area contributed by atoms with Crippen LogP contribution in [0.3, 0.4) is 0 Å². The second-order valence-corrected chi connectivity index (χ2v) is 4.26. The zero-order valence-electron chi connectivity index (χ0n) is 9.22. The van der Waals surface area contributed by atoms with Crippen LogP contribution in [0.5, 0.6) is 0 Å². The van der Waals surface area contributed by atoms with Crippen LogP contribution in [0.2, 0.25) is 0 Å². The van der Waals surface area contributed by atoms with E-state index in [0.717, 1.165) is 12.8 Å². The smallest absolute Gasteiger partial charge is 0.100 e. The molecule has 13 heavy (non-hydrogen) atoms. The number of hydrogen-bond donors (Lipinski definition) is 0. The third-order valence-electron chi connectivity index (χ3n) is 2.34. The molecule has 0 aliphatic carbocycles. The number of halogens is 1. The van der Waals surface area contributed by atoms with Gasteiger partial charge in [0.25, 0.3) is 0 Å². The Bertz CT molecular complexity index is 129. The first-order valence-corrected chi connectivity index (χ1v) is 5.35. The number of hydrogen-bond acceptors (Lipinski definition) is 0. The van der Waals surface area contributed by atoms with E-state index in [4.69, 9.17) is 0 Å². The standard InChI is InChI=1S/C12H23F/c1-5-7-11(8-10(3)4)9-12(13)6-2/h5,10-12H,1,6-9H2,2-4H3. The molecular weight excluding hydrogens is 163 g/mol. The summed E-state index contributed by atoms with van der Waals surface area (Å²) in [5.41, 5.74) is 0. The van der Waals surface area contributed by atoms with Crippen molar-refractivity contribution in [2.45, 2.75) is 52.6 Å². The molecule has 0 N–H and O–H groups in total. The van der Waals surface area contributed by atoms with Crippen molar-refractivity contribution in [1.82, 2.24) is 0 Å². The number of alkyl halides is 1. The number of rotatable bonds is 7. The summed E-state index contributed by atoms with van der Waals surface area (Å²) < 4.78 is 13.1. The second-order valence-electron chi connectivity index (χ2n) is 4.26. The van der Waals surface area contributed by atoms with Crippen LogP contribution in [-0.2, 0) is 0 Å². The fourth-order valence-electron chi connectivity index (χ4n) is 1.72. The molecule has 0 fully saturated rings. The largest absolute Gasteiger partial charge is 0.247 e. The van der Waals surface area contributed by atoms with E-state index in [9.17, 15) is 4.39 Å². The highest BCUT2D eigenvalue weighted by atomic mass is 19.1. The van der Waals surface area contributed by atoms with E-state index in [2.05, 4.69) is 20.4 Å². The third kappa shape index (κ3) is 6.80. The molecule has 0 aromatic rings. The van der Waals surface area contributed by atoms with Gasteiger partial charge in [-0.3, -0.25) is 0 Å². The predicted molar refractivity (Wildman–Crippen MR) is 57.6 cm³/mol. The fraction of sp³-hybridized carbons (Fsp3) is 0.833. The van der Waals surface area contributed by atoms with E-state index in [1.807, 2.05) is 13.0 Å². The first kappa shape index (κ1) is 12.7. The average Bonchev–Trinajstić information content (AvgIpc) is 2.03. The molecular formula is C12H23F. The Kier molecular flexibility index (Phi) is 6.93. The first-order chi connectivity index (χ1) is 6.10. The third-order valence-corrected chi connectivity index (χ3v) is 2.34. The lowest BCUT2D eigenvalue weighted by atomic mass is 9.89. The van der Waals surface area contributed by atoms with Crippen molar-refractivity contribution in [3.8, 4) is 0 Å². The quantitative estimate of drug-likeness (QED) is 0.518. The van der Waals surface area contributed by atoms with Crippen LogP contribution in [0.4, 0.5) is 4.39 Å². The van der Waals surface area contributed by atoms with Crippen molar-refractivity contribution in [1.29, 1.82) is 0 Å². The van der Waals surface area contributed by atoms with Gasteiger partial charge in [0.05, 0.1) is 0 Å². The van der Waals surface area contributed by atoms with E-state index in [1.54, 1.807) is 0 Å². The van der Waals surface area contributed by atoms with Gasteiger partial charge in [0.15, 0.2) is 0 Å². The lowest BCUT2D eigenvalue weighted by Crippen LogP contribution is -2.10. The van der Waals surface area contributed by atoms with Crippen LogP contribution < -0.4 is 0 Å². The Labute approximate surface area is 82.2 Å². The lowest BCUT2D eigenvalue weighted by molar-refractivity contribution is 0.242. The second kappa shape index (κ2) is 7.11. The molecule has 2 unspecified atom stereocenters. The van der Waals surface area contributed by atoms with Crippen LogP contribution in [0.15, 0.2) is 12.7 Å². The zero-order valence-corrected chi connectivity index (χ0v) is 9.22. The summed E-state index contributed by atoms with van der Waals surface area (Å²) in [4.78, 5) is 0. The summed E-state index contributed by atoms with van der Waals surface area (Å²) in [5, 5.41) is 0. The van der Waals surface area contributed by atoms with Crippen molar-refractivity contribution in [2.24, 2.45) is 11.8 Å².